The number of ether oxygens (including phenoxy) is 1. The highest BCUT2D eigenvalue weighted by atomic mass is 16.5. The molecule has 162 valence electrons. The van der Waals surface area contributed by atoms with Gasteiger partial charge in [0.2, 0.25) is 5.91 Å². The normalized spacial score (nSPS) is 33.6. The van der Waals surface area contributed by atoms with Crippen LogP contribution >= 0.6 is 0 Å². The Morgan fingerprint density at radius 1 is 1.33 bits per heavy atom. The quantitative estimate of drug-likeness (QED) is 0.500. The first kappa shape index (κ1) is 20.9. The van der Waals surface area contributed by atoms with Crippen molar-refractivity contribution in [3.63, 3.8) is 0 Å². The van der Waals surface area contributed by atoms with E-state index in [1.54, 1.807) is 13.2 Å². The Morgan fingerprint density at radius 2 is 2.10 bits per heavy atom. The monoisotopic (exact) mass is 413 g/mol. The molecule has 1 aliphatic carbocycles. The molecule has 1 fully saturated rings. The molecule has 0 spiro atoms. The number of aliphatic hydroxyl groups is 2. The van der Waals surface area contributed by atoms with Crippen LogP contribution in [0.15, 0.2) is 41.1 Å². The molecule has 6 N–H and O–H groups in total. The zero-order valence-electron chi connectivity index (χ0n) is 17.8. The van der Waals surface area contributed by atoms with Crippen LogP contribution in [-0.4, -0.2) is 54.1 Å². The molecule has 0 aromatic heterocycles. The van der Waals surface area contributed by atoms with Crippen LogP contribution in [0.4, 0.5) is 0 Å². The van der Waals surface area contributed by atoms with E-state index in [0.717, 1.165) is 41.1 Å². The van der Waals surface area contributed by atoms with E-state index in [0.29, 0.717) is 12.8 Å². The molecular formula is C23H31N3O4. The number of methoxy groups -OCH3 is 1. The van der Waals surface area contributed by atoms with E-state index in [1.807, 2.05) is 25.1 Å². The van der Waals surface area contributed by atoms with Crippen molar-refractivity contribution >= 4 is 5.91 Å². The minimum atomic E-state index is -1.09. The molecule has 30 heavy (non-hydrogen) atoms. The fourth-order valence-corrected chi connectivity index (χ4v) is 5.55. The van der Waals surface area contributed by atoms with E-state index in [-0.39, 0.29) is 18.2 Å². The van der Waals surface area contributed by atoms with E-state index < -0.39 is 23.0 Å². The number of fused-ring (bicyclic) bond motifs is 1. The van der Waals surface area contributed by atoms with Gasteiger partial charge in [0.05, 0.1) is 12.7 Å². The average Bonchev–Trinajstić information content (AvgIpc) is 2.86. The predicted octanol–water partition coefficient (Wildman–Crippen LogP) is 0.778. The highest BCUT2D eigenvalue weighted by Crippen LogP contribution is 2.55. The first-order valence-electron chi connectivity index (χ1n) is 10.5. The maximum absolute atomic E-state index is 12.2. The summed E-state index contributed by atoms with van der Waals surface area (Å²) in [5.41, 5.74) is 8.03. The maximum Gasteiger partial charge on any atom is 0.247 e. The standard InChI is InChI=1S/C23H31N3O4/c1-13-4-5-16(30-3)9-18(13)22-6-7-25-14(2)23(22,29)10-15-8-17(21(24)28)20(27)12-26-19(15)11-22/h4-5,8-9,14,20,25-27,29H,6-7,10-12H2,1-3H3,(H2,24,28)/t14-,20?,22-,23-/m1/s1. The lowest BCUT2D eigenvalue weighted by molar-refractivity contribution is -0.115. The summed E-state index contributed by atoms with van der Waals surface area (Å²) in [7, 11) is 1.65. The molecule has 1 amide bonds. The molecule has 2 aliphatic heterocycles. The SMILES string of the molecule is COc1ccc(C)c([C@]23CCN[C@H](C)[C@]2(O)CC2=C(C3)NCC(O)C(C(N)=O)=C2)c1. The van der Waals surface area contributed by atoms with Crippen molar-refractivity contribution in [2.75, 3.05) is 20.2 Å². The van der Waals surface area contributed by atoms with Gasteiger partial charge in [0.15, 0.2) is 0 Å². The molecular weight excluding hydrogens is 382 g/mol. The fraction of sp³-hybridized carbons (Fsp3) is 0.522. The van der Waals surface area contributed by atoms with Gasteiger partial charge in [-0.15, -0.1) is 0 Å². The average molecular weight is 414 g/mol. The third kappa shape index (κ3) is 3.04. The van der Waals surface area contributed by atoms with E-state index >= 15 is 0 Å². The molecule has 1 aromatic carbocycles. The number of allylic oxidation sites excluding steroid dienone is 2. The molecule has 4 rings (SSSR count). The van der Waals surface area contributed by atoms with Gasteiger partial charge >= 0.3 is 0 Å². The predicted molar refractivity (Wildman–Crippen MR) is 114 cm³/mol. The summed E-state index contributed by atoms with van der Waals surface area (Å²) in [6.07, 6.45) is 2.38. The third-order valence-electron chi connectivity index (χ3n) is 7.32. The van der Waals surface area contributed by atoms with Gasteiger partial charge in [-0.1, -0.05) is 6.07 Å². The van der Waals surface area contributed by atoms with Crippen LogP contribution in [-0.2, 0) is 10.2 Å². The van der Waals surface area contributed by atoms with E-state index in [4.69, 9.17) is 10.5 Å². The van der Waals surface area contributed by atoms with Gasteiger partial charge in [-0.2, -0.15) is 0 Å². The minimum Gasteiger partial charge on any atom is -0.497 e. The largest absolute Gasteiger partial charge is 0.497 e. The summed E-state index contributed by atoms with van der Waals surface area (Å²) in [5.74, 6) is 0.124. The van der Waals surface area contributed by atoms with E-state index in [1.165, 1.54) is 0 Å². The Hall–Kier alpha value is -2.35. The number of primary amides is 1. The maximum atomic E-state index is 12.2. The molecule has 1 unspecified atom stereocenters. The first-order chi connectivity index (χ1) is 14.2. The second kappa shape index (κ2) is 7.41. The summed E-state index contributed by atoms with van der Waals surface area (Å²) in [5, 5.41) is 29.3. The number of piperidine rings is 1. The Kier molecular flexibility index (Phi) is 5.16. The summed E-state index contributed by atoms with van der Waals surface area (Å²) < 4.78 is 5.50. The third-order valence-corrected chi connectivity index (χ3v) is 7.32. The van der Waals surface area contributed by atoms with Crippen LogP contribution in [0.3, 0.4) is 0 Å². The lowest BCUT2D eigenvalue weighted by Crippen LogP contribution is -2.68. The zero-order chi connectivity index (χ0) is 21.7. The molecule has 1 saturated heterocycles. The smallest absolute Gasteiger partial charge is 0.247 e. The summed E-state index contributed by atoms with van der Waals surface area (Å²) in [6, 6.07) is 5.86. The van der Waals surface area contributed by atoms with E-state index in [2.05, 4.69) is 17.6 Å². The van der Waals surface area contributed by atoms with Gasteiger partial charge in [-0.05, 0) is 68.1 Å². The lowest BCUT2D eigenvalue weighted by Gasteiger charge is -2.58. The second-order valence-electron chi connectivity index (χ2n) is 8.83. The number of carbonyl (C=O) groups is 1. The molecule has 2 heterocycles. The first-order valence-corrected chi connectivity index (χ1v) is 10.5. The molecule has 7 heteroatoms. The van der Waals surface area contributed by atoms with Crippen LogP contribution in [0, 0.1) is 6.92 Å². The Morgan fingerprint density at radius 3 is 2.80 bits per heavy atom. The van der Waals surface area contributed by atoms with Crippen LogP contribution < -0.4 is 21.1 Å². The number of benzene rings is 1. The van der Waals surface area contributed by atoms with Gasteiger partial charge in [-0.3, -0.25) is 4.79 Å². The van der Waals surface area contributed by atoms with Crippen LogP contribution in [0.1, 0.15) is 37.3 Å². The minimum absolute atomic E-state index is 0.162. The van der Waals surface area contributed by atoms with Crippen molar-refractivity contribution in [3.05, 3.63) is 52.2 Å². The number of hydrogen-bond acceptors (Lipinski definition) is 6. The number of aliphatic hydroxyl groups excluding tert-OH is 1. The summed E-state index contributed by atoms with van der Waals surface area (Å²) >= 11 is 0. The van der Waals surface area contributed by atoms with Gasteiger partial charge in [0, 0.05) is 35.7 Å². The van der Waals surface area contributed by atoms with Crippen molar-refractivity contribution in [2.45, 2.75) is 56.3 Å². The van der Waals surface area contributed by atoms with Crippen molar-refractivity contribution in [1.29, 1.82) is 0 Å². The molecule has 0 radical (unpaired) electrons. The Bertz CT molecular complexity index is 940. The Balaban J connectivity index is 1.90. The number of amides is 1. The van der Waals surface area contributed by atoms with Crippen LogP contribution in [0.25, 0.3) is 0 Å². The van der Waals surface area contributed by atoms with Crippen molar-refractivity contribution in [2.24, 2.45) is 5.73 Å². The molecule has 7 nitrogen and oxygen atoms in total. The summed E-state index contributed by atoms with van der Waals surface area (Å²) in [6.45, 7) is 5.07. The topological polar surface area (TPSA) is 117 Å². The molecule has 3 aliphatic rings. The summed E-state index contributed by atoms with van der Waals surface area (Å²) in [4.78, 5) is 11.9. The zero-order valence-corrected chi connectivity index (χ0v) is 17.8. The number of nitrogens with two attached hydrogens (primary N) is 1. The number of aryl methyl sites for hydroxylation is 1. The number of hydrogen-bond donors (Lipinski definition) is 5. The van der Waals surface area contributed by atoms with Gasteiger partial charge in [0.1, 0.15) is 11.9 Å². The van der Waals surface area contributed by atoms with Crippen molar-refractivity contribution < 1.29 is 19.7 Å². The fourth-order valence-electron chi connectivity index (χ4n) is 5.55. The second-order valence-corrected chi connectivity index (χ2v) is 8.83. The van der Waals surface area contributed by atoms with Crippen LogP contribution in [0.2, 0.25) is 0 Å². The molecule has 4 atom stereocenters. The lowest BCUT2D eigenvalue weighted by atomic mass is 9.53. The highest BCUT2D eigenvalue weighted by Gasteiger charge is 2.59. The van der Waals surface area contributed by atoms with E-state index in [9.17, 15) is 15.0 Å². The Labute approximate surface area is 177 Å². The van der Waals surface area contributed by atoms with Gasteiger partial charge in [0.25, 0.3) is 0 Å². The number of carbonyl (C=O) groups excluding carboxylic acids is 1. The van der Waals surface area contributed by atoms with Crippen LogP contribution in [0.5, 0.6) is 5.75 Å². The number of rotatable bonds is 3. The molecule has 0 bridgehead atoms. The van der Waals surface area contributed by atoms with Gasteiger partial charge < -0.3 is 31.3 Å². The van der Waals surface area contributed by atoms with Crippen molar-refractivity contribution in [3.8, 4) is 5.75 Å². The van der Waals surface area contributed by atoms with Crippen molar-refractivity contribution in [1.82, 2.24) is 10.6 Å². The number of β-amino-alcohol motifs (C(OH)–C–C–N with tert-alkyl or cyclic N) is 1. The van der Waals surface area contributed by atoms with Gasteiger partial charge in [-0.25, -0.2) is 0 Å². The molecule has 0 saturated carbocycles. The highest BCUT2D eigenvalue weighted by molar-refractivity contribution is 5.93. The number of nitrogens with one attached hydrogen (secondary N) is 2. The molecule has 1 aromatic rings.